The summed E-state index contributed by atoms with van der Waals surface area (Å²) >= 11 is 1.70. The van der Waals surface area contributed by atoms with Gasteiger partial charge in [0, 0.05) is 22.6 Å². The van der Waals surface area contributed by atoms with Crippen LogP contribution < -0.4 is 9.47 Å². The Bertz CT molecular complexity index is 1350. The fraction of sp³-hybridized carbons (Fsp3) is 0.100. The predicted molar refractivity (Wildman–Crippen MR) is 144 cm³/mol. The van der Waals surface area contributed by atoms with Crippen molar-refractivity contribution in [3.8, 4) is 39.7 Å². The highest BCUT2D eigenvalue weighted by molar-refractivity contribution is 7.99. The van der Waals surface area contributed by atoms with E-state index in [0.29, 0.717) is 6.61 Å². The molecule has 0 N–H and O–H groups in total. The average molecular weight is 479 g/mol. The molecule has 5 rings (SSSR count). The number of rotatable bonds is 9. The monoisotopic (exact) mass is 478 g/mol. The Kier molecular flexibility index (Phi) is 7.16. The van der Waals surface area contributed by atoms with E-state index in [-0.39, 0.29) is 0 Å². The number of nitrogens with zero attached hydrogens (tertiary/aromatic N) is 2. The summed E-state index contributed by atoms with van der Waals surface area (Å²) in [7, 11) is 1.66. The topological polar surface area (TPSA) is 36.3 Å². The van der Waals surface area contributed by atoms with Crippen LogP contribution >= 0.6 is 11.8 Å². The van der Waals surface area contributed by atoms with Gasteiger partial charge in [-0.3, -0.25) is 4.57 Å². The summed E-state index contributed by atoms with van der Waals surface area (Å²) in [6.45, 7) is 0.569. The van der Waals surface area contributed by atoms with Gasteiger partial charge >= 0.3 is 0 Å². The van der Waals surface area contributed by atoms with Crippen molar-refractivity contribution in [2.24, 2.45) is 0 Å². The Labute approximate surface area is 210 Å². The molecule has 0 aliphatic rings. The van der Waals surface area contributed by atoms with Gasteiger partial charge in [-0.25, -0.2) is 4.98 Å². The Morgan fingerprint density at radius 3 is 1.89 bits per heavy atom. The lowest BCUT2D eigenvalue weighted by atomic mass is 10.0. The lowest BCUT2D eigenvalue weighted by molar-refractivity contribution is 0.342. The first-order valence-electron chi connectivity index (χ1n) is 11.5. The minimum atomic E-state index is 0.569. The van der Waals surface area contributed by atoms with E-state index >= 15 is 0 Å². The lowest BCUT2D eigenvalue weighted by Crippen LogP contribution is -2.03. The molecule has 5 aromatic rings. The van der Waals surface area contributed by atoms with E-state index < -0.39 is 0 Å². The van der Waals surface area contributed by atoms with Crippen LogP contribution in [-0.4, -0.2) is 29.0 Å². The van der Waals surface area contributed by atoms with E-state index in [1.807, 2.05) is 42.5 Å². The summed E-state index contributed by atoms with van der Waals surface area (Å²) in [6, 6.07) is 38.9. The molecule has 0 saturated heterocycles. The van der Waals surface area contributed by atoms with Gasteiger partial charge in [-0.1, -0.05) is 90.6 Å². The normalized spacial score (nSPS) is 10.8. The van der Waals surface area contributed by atoms with Gasteiger partial charge in [-0.05, 0) is 36.4 Å². The number of methoxy groups -OCH3 is 1. The minimum absolute atomic E-state index is 0.569. The van der Waals surface area contributed by atoms with Crippen LogP contribution in [0.25, 0.3) is 28.2 Å². The fourth-order valence-electron chi connectivity index (χ4n) is 3.94. The minimum Gasteiger partial charge on any atom is -0.497 e. The van der Waals surface area contributed by atoms with Gasteiger partial charge in [0.15, 0.2) is 5.16 Å². The summed E-state index contributed by atoms with van der Waals surface area (Å²) in [4.78, 5) is 5.15. The first-order chi connectivity index (χ1) is 17.3. The summed E-state index contributed by atoms with van der Waals surface area (Å²) in [6.07, 6.45) is 0. The molecule has 35 heavy (non-hydrogen) atoms. The number of ether oxygens (including phenoxy) is 2. The molecular weight excluding hydrogens is 452 g/mol. The first-order valence-corrected chi connectivity index (χ1v) is 12.5. The Morgan fingerprint density at radius 1 is 0.686 bits per heavy atom. The van der Waals surface area contributed by atoms with Crippen LogP contribution in [0, 0.1) is 0 Å². The van der Waals surface area contributed by atoms with Gasteiger partial charge in [0.25, 0.3) is 0 Å². The van der Waals surface area contributed by atoms with Crippen molar-refractivity contribution >= 4 is 11.8 Å². The van der Waals surface area contributed by atoms with E-state index in [4.69, 9.17) is 14.5 Å². The summed E-state index contributed by atoms with van der Waals surface area (Å²) in [5.74, 6) is 2.41. The third-order valence-electron chi connectivity index (χ3n) is 5.60. The molecule has 4 nitrogen and oxygen atoms in total. The zero-order valence-electron chi connectivity index (χ0n) is 19.5. The number of thioether (sulfide) groups is 1. The molecule has 4 aromatic carbocycles. The highest BCUT2D eigenvalue weighted by atomic mass is 32.2. The van der Waals surface area contributed by atoms with E-state index in [0.717, 1.165) is 50.6 Å². The zero-order chi connectivity index (χ0) is 23.9. The van der Waals surface area contributed by atoms with Crippen LogP contribution in [0.4, 0.5) is 0 Å². The van der Waals surface area contributed by atoms with Crippen molar-refractivity contribution in [1.29, 1.82) is 0 Å². The quantitative estimate of drug-likeness (QED) is 0.163. The van der Waals surface area contributed by atoms with Gasteiger partial charge < -0.3 is 9.47 Å². The number of aromatic nitrogens is 2. The number of hydrogen-bond donors (Lipinski definition) is 0. The van der Waals surface area contributed by atoms with Gasteiger partial charge in [0.1, 0.15) is 11.5 Å². The second-order valence-corrected chi connectivity index (χ2v) is 8.93. The second kappa shape index (κ2) is 11.0. The van der Waals surface area contributed by atoms with Crippen LogP contribution in [0.1, 0.15) is 0 Å². The molecule has 0 spiro atoms. The van der Waals surface area contributed by atoms with Gasteiger partial charge in [0.2, 0.25) is 0 Å². The van der Waals surface area contributed by atoms with E-state index in [1.54, 1.807) is 18.9 Å². The number of para-hydroxylation sites is 1. The summed E-state index contributed by atoms with van der Waals surface area (Å²) in [5.41, 5.74) is 5.36. The van der Waals surface area contributed by atoms with Gasteiger partial charge in [-0.2, -0.15) is 0 Å². The third-order valence-corrected chi connectivity index (χ3v) is 6.50. The average Bonchev–Trinajstić information content (AvgIpc) is 3.32. The number of imidazole rings is 1. The predicted octanol–water partition coefficient (Wildman–Crippen LogP) is 7.39. The van der Waals surface area contributed by atoms with Crippen LogP contribution in [0.2, 0.25) is 0 Å². The molecule has 174 valence electrons. The first kappa shape index (κ1) is 22.8. The summed E-state index contributed by atoms with van der Waals surface area (Å²) in [5, 5.41) is 0.937. The zero-order valence-corrected chi connectivity index (χ0v) is 20.3. The SMILES string of the molecule is COc1ccc(OCCSc2nc(-c3ccccc3)c(-c3ccccc3)n2-c2ccccc2)cc1. The van der Waals surface area contributed by atoms with Crippen molar-refractivity contribution < 1.29 is 9.47 Å². The van der Waals surface area contributed by atoms with Crippen LogP contribution in [-0.2, 0) is 0 Å². The molecule has 1 aromatic heterocycles. The maximum Gasteiger partial charge on any atom is 0.173 e. The number of hydrogen-bond acceptors (Lipinski definition) is 4. The van der Waals surface area contributed by atoms with Gasteiger partial charge in [0.05, 0.1) is 25.1 Å². The molecule has 0 aliphatic carbocycles. The van der Waals surface area contributed by atoms with Crippen molar-refractivity contribution in [2.75, 3.05) is 19.5 Å². The largest absolute Gasteiger partial charge is 0.497 e. The Hall–Kier alpha value is -3.96. The Morgan fingerprint density at radius 2 is 1.26 bits per heavy atom. The highest BCUT2D eigenvalue weighted by Crippen LogP contribution is 2.38. The Balaban J connectivity index is 1.49. The van der Waals surface area contributed by atoms with E-state index in [2.05, 4.69) is 77.4 Å². The molecule has 0 atom stereocenters. The maximum absolute atomic E-state index is 5.97. The van der Waals surface area contributed by atoms with Crippen LogP contribution in [0.5, 0.6) is 11.5 Å². The highest BCUT2D eigenvalue weighted by Gasteiger charge is 2.21. The molecule has 0 fully saturated rings. The molecule has 1 heterocycles. The smallest absolute Gasteiger partial charge is 0.173 e. The number of benzene rings is 4. The lowest BCUT2D eigenvalue weighted by Gasteiger charge is -2.13. The van der Waals surface area contributed by atoms with Crippen molar-refractivity contribution in [3.63, 3.8) is 0 Å². The van der Waals surface area contributed by atoms with Gasteiger partial charge in [-0.15, -0.1) is 0 Å². The molecule has 0 radical (unpaired) electrons. The molecular formula is C30H26N2O2S. The summed E-state index contributed by atoms with van der Waals surface area (Å²) < 4.78 is 13.4. The third kappa shape index (κ3) is 5.26. The van der Waals surface area contributed by atoms with Crippen molar-refractivity contribution in [3.05, 3.63) is 115 Å². The molecule has 0 unspecified atom stereocenters. The van der Waals surface area contributed by atoms with Crippen LogP contribution in [0.3, 0.4) is 0 Å². The van der Waals surface area contributed by atoms with E-state index in [9.17, 15) is 0 Å². The molecule has 5 heteroatoms. The molecule has 0 bridgehead atoms. The standard InChI is InChI=1S/C30H26N2O2S/c1-33-26-17-19-27(20-18-26)34-21-22-35-30-31-28(23-11-5-2-6-12-23)29(24-13-7-3-8-14-24)32(30)25-15-9-4-10-16-25/h2-20H,21-22H2,1H3. The molecule has 0 aliphatic heterocycles. The molecule has 0 amide bonds. The molecule has 0 saturated carbocycles. The van der Waals surface area contributed by atoms with Crippen LogP contribution in [0.15, 0.2) is 120 Å². The van der Waals surface area contributed by atoms with Crippen molar-refractivity contribution in [1.82, 2.24) is 9.55 Å². The fourth-order valence-corrected chi connectivity index (χ4v) is 4.77. The van der Waals surface area contributed by atoms with Crippen molar-refractivity contribution in [2.45, 2.75) is 5.16 Å². The second-order valence-electron chi connectivity index (χ2n) is 7.87. The maximum atomic E-state index is 5.97. The van der Waals surface area contributed by atoms with E-state index in [1.165, 1.54) is 0 Å².